The van der Waals surface area contributed by atoms with Gasteiger partial charge in [-0.25, -0.2) is 9.37 Å². The normalized spacial score (nSPS) is 12.0. The van der Waals surface area contributed by atoms with Crippen LogP contribution in [0, 0.1) is 18.2 Å². The lowest BCUT2D eigenvalue weighted by molar-refractivity contribution is -0.120. The maximum Gasteiger partial charge on any atom is 0.151 e. The minimum Gasteiger partial charge on any atom is -0.386 e. The van der Waals surface area contributed by atoms with Crippen molar-refractivity contribution < 1.29 is 14.3 Å². The summed E-state index contributed by atoms with van der Waals surface area (Å²) >= 11 is 0. The Labute approximate surface area is 143 Å². The number of benzene rings is 1. The molecule has 0 radical (unpaired) electrons. The van der Waals surface area contributed by atoms with Gasteiger partial charge >= 0.3 is 0 Å². The molecule has 1 aromatic carbocycles. The third-order valence-electron chi connectivity index (χ3n) is 3.49. The van der Waals surface area contributed by atoms with Gasteiger partial charge in [-0.1, -0.05) is 27.7 Å². The molecular weight excluding hydrogens is 307 g/mol. The maximum atomic E-state index is 13.6. The van der Waals surface area contributed by atoms with Crippen molar-refractivity contribution in [3.05, 3.63) is 29.3 Å². The van der Waals surface area contributed by atoms with Crippen molar-refractivity contribution in [2.45, 2.75) is 66.9 Å². The Hall–Kier alpha value is -1.75. The van der Waals surface area contributed by atoms with E-state index < -0.39 is 11.4 Å². The molecule has 0 aliphatic rings. The van der Waals surface area contributed by atoms with Gasteiger partial charge in [0.05, 0.1) is 11.1 Å². The Kier molecular flexibility index (Phi) is 6.28. The van der Waals surface area contributed by atoms with E-state index in [1.54, 1.807) is 26.8 Å². The molecule has 0 aliphatic heterocycles. The first-order valence-electron chi connectivity index (χ1n) is 8.24. The number of halogens is 1. The zero-order valence-corrected chi connectivity index (χ0v) is 15.7. The summed E-state index contributed by atoms with van der Waals surface area (Å²) in [5.41, 5.74) is 0.600. The van der Waals surface area contributed by atoms with Crippen molar-refractivity contribution in [3.8, 4) is 0 Å². The van der Waals surface area contributed by atoms with Crippen molar-refractivity contribution in [1.29, 1.82) is 0 Å². The second-order valence-electron chi connectivity index (χ2n) is 7.87. The van der Waals surface area contributed by atoms with Crippen LogP contribution in [0.4, 0.5) is 4.39 Å². The quantitative estimate of drug-likeness (QED) is 0.858. The van der Waals surface area contributed by atoms with E-state index in [1.807, 2.05) is 6.92 Å². The predicted octanol–water partition coefficient (Wildman–Crippen LogP) is 4.64. The van der Waals surface area contributed by atoms with Crippen LogP contribution in [0.1, 0.15) is 65.8 Å². The Morgan fingerprint density at radius 3 is 2.25 bits per heavy atom. The number of imidazole rings is 1. The van der Waals surface area contributed by atoms with Crippen LogP contribution in [0.15, 0.2) is 12.1 Å². The Bertz CT molecular complexity index is 706. The van der Waals surface area contributed by atoms with Crippen molar-refractivity contribution in [2.24, 2.45) is 5.41 Å². The molecule has 0 spiro atoms. The summed E-state index contributed by atoms with van der Waals surface area (Å²) in [4.78, 5) is 17.8. The molecule has 0 unspecified atom stereocenters. The molecule has 134 valence electrons. The third-order valence-corrected chi connectivity index (χ3v) is 3.49. The average Bonchev–Trinajstić information content (AvgIpc) is 2.77. The lowest BCUT2D eigenvalue weighted by Crippen LogP contribution is -2.15. The van der Waals surface area contributed by atoms with Crippen molar-refractivity contribution in [2.75, 3.05) is 0 Å². The molecule has 2 rings (SSSR count). The zero-order chi connectivity index (χ0) is 18.7. The topological polar surface area (TPSA) is 66.0 Å². The molecule has 0 fully saturated rings. The van der Waals surface area contributed by atoms with Gasteiger partial charge in [0.25, 0.3) is 0 Å². The standard InChI is InChI=1S/C11H13FN2O.C8H16O/c1-6-13-9-5-7(11(2,3)15)4-8(12)10(9)14-6;1-5-7(9)6-8(2,3)4/h4-5,15H,1-3H3,(H,13,14);5-6H2,1-4H3. The van der Waals surface area contributed by atoms with Crippen LogP contribution in [0.25, 0.3) is 11.0 Å². The van der Waals surface area contributed by atoms with Crippen LogP contribution in [-0.2, 0) is 10.4 Å². The van der Waals surface area contributed by atoms with Crippen molar-refractivity contribution >= 4 is 16.8 Å². The summed E-state index contributed by atoms with van der Waals surface area (Å²) in [6, 6.07) is 3.04. The van der Waals surface area contributed by atoms with Crippen LogP contribution in [0.5, 0.6) is 0 Å². The highest BCUT2D eigenvalue weighted by atomic mass is 19.1. The summed E-state index contributed by atoms with van der Waals surface area (Å²) in [5, 5.41) is 9.78. The van der Waals surface area contributed by atoms with Gasteiger partial charge in [-0.05, 0) is 43.9 Å². The number of ketones is 1. The fourth-order valence-corrected chi connectivity index (χ4v) is 2.27. The van der Waals surface area contributed by atoms with E-state index in [1.165, 1.54) is 6.07 Å². The van der Waals surface area contributed by atoms with Gasteiger partial charge in [0.2, 0.25) is 0 Å². The van der Waals surface area contributed by atoms with Crippen LogP contribution in [0.3, 0.4) is 0 Å². The van der Waals surface area contributed by atoms with Gasteiger partial charge in [0.15, 0.2) is 5.82 Å². The van der Waals surface area contributed by atoms with E-state index >= 15 is 0 Å². The molecule has 24 heavy (non-hydrogen) atoms. The van der Waals surface area contributed by atoms with Crippen LogP contribution in [0.2, 0.25) is 0 Å². The molecule has 1 aromatic heterocycles. The van der Waals surface area contributed by atoms with Gasteiger partial charge in [0.1, 0.15) is 17.1 Å². The number of nitrogens with zero attached hydrogens (tertiary/aromatic N) is 1. The van der Waals surface area contributed by atoms with E-state index in [4.69, 9.17) is 0 Å². The number of carbonyl (C=O) groups is 1. The molecule has 1 heterocycles. The first-order valence-corrected chi connectivity index (χ1v) is 8.24. The average molecular weight is 336 g/mol. The number of Topliss-reactive ketones (excluding diaryl/α,β-unsaturated/α-hetero) is 1. The largest absolute Gasteiger partial charge is 0.386 e. The first kappa shape index (κ1) is 20.3. The highest BCUT2D eigenvalue weighted by Gasteiger charge is 2.19. The SMILES string of the molecule is CCC(=O)CC(C)(C)C.Cc1nc2c(F)cc(C(C)(C)O)cc2[nH]1. The number of hydrogen-bond donors (Lipinski definition) is 2. The smallest absolute Gasteiger partial charge is 0.151 e. The highest BCUT2D eigenvalue weighted by molar-refractivity contribution is 5.78. The van der Waals surface area contributed by atoms with Gasteiger partial charge in [-0.2, -0.15) is 0 Å². The monoisotopic (exact) mass is 336 g/mol. The number of H-pyrrole nitrogens is 1. The number of rotatable bonds is 3. The van der Waals surface area contributed by atoms with Gasteiger partial charge in [0, 0.05) is 12.8 Å². The highest BCUT2D eigenvalue weighted by Crippen LogP contribution is 2.25. The number of aromatic nitrogens is 2. The molecular formula is C19H29FN2O2. The maximum absolute atomic E-state index is 13.6. The number of nitrogens with one attached hydrogen (secondary N) is 1. The number of hydrogen-bond acceptors (Lipinski definition) is 3. The minimum absolute atomic E-state index is 0.174. The van der Waals surface area contributed by atoms with E-state index in [2.05, 4.69) is 30.7 Å². The van der Waals surface area contributed by atoms with Gasteiger partial charge in [-0.15, -0.1) is 0 Å². The molecule has 0 amide bonds. The fraction of sp³-hybridized carbons (Fsp3) is 0.579. The number of aromatic amines is 1. The molecule has 0 saturated heterocycles. The fourth-order valence-electron chi connectivity index (χ4n) is 2.27. The predicted molar refractivity (Wildman–Crippen MR) is 95.4 cm³/mol. The van der Waals surface area contributed by atoms with Gasteiger partial charge < -0.3 is 10.1 Å². The van der Waals surface area contributed by atoms with Crippen molar-refractivity contribution in [3.63, 3.8) is 0 Å². The lowest BCUT2D eigenvalue weighted by atomic mass is 9.89. The molecule has 0 bridgehead atoms. The summed E-state index contributed by atoms with van der Waals surface area (Å²) in [7, 11) is 0. The molecule has 0 atom stereocenters. The lowest BCUT2D eigenvalue weighted by Gasteiger charge is -2.17. The number of carbonyl (C=O) groups excluding carboxylic acids is 1. The Balaban J connectivity index is 0.000000277. The van der Waals surface area contributed by atoms with Crippen LogP contribution >= 0.6 is 0 Å². The van der Waals surface area contributed by atoms with Crippen molar-refractivity contribution in [1.82, 2.24) is 9.97 Å². The molecule has 0 aliphatic carbocycles. The molecule has 5 heteroatoms. The minimum atomic E-state index is -1.05. The van der Waals surface area contributed by atoms with E-state index in [0.29, 0.717) is 41.0 Å². The zero-order valence-electron chi connectivity index (χ0n) is 15.7. The first-order chi connectivity index (χ1) is 10.8. The van der Waals surface area contributed by atoms with E-state index in [0.717, 1.165) is 0 Å². The summed E-state index contributed by atoms with van der Waals surface area (Å²) in [6.45, 7) is 13.2. The number of fused-ring (bicyclic) bond motifs is 1. The van der Waals surface area contributed by atoms with Gasteiger partial charge in [-0.3, -0.25) is 4.79 Å². The molecule has 4 nitrogen and oxygen atoms in total. The number of aryl methyl sites for hydroxylation is 1. The molecule has 2 N–H and O–H groups in total. The second-order valence-corrected chi connectivity index (χ2v) is 7.87. The Morgan fingerprint density at radius 2 is 1.83 bits per heavy atom. The molecule has 0 saturated carbocycles. The van der Waals surface area contributed by atoms with Crippen LogP contribution in [-0.4, -0.2) is 20.9 Å². The summed E-state index contributed by atoms with van der Waals surface area (Å²) < 4.78 is 13.6. The van der Waals surface area contributed by atoms with E-state index in [-0.39, 0.29) is 5.41 Å². The number of aliphatic hydroxyl groups is 1. The Morgan fingerprint density at radius 1 is 1.25 bits per heavy atom. The second kappa shape index (κ2) is 7.43. The molecule has 2 aromatic rings. The third kappa shape index (κ3) is 6.04. The van der Waals surface area contributed by atoms with Crippen LogP contribution < -0.4 is 0 Å². The summed E-state index contributed by atoms with van der Waals surface area (Å²) in [5.74, 6) is 0.619. The van der Waals surface area contributed by atoms with E-state index in [9.17, 15) is 14.3 Å². The summed E-state index contributed by atoms with van der Waals surface area (Å²) in [6.07, 6.45) is 1.39.